The van der Waals surface area contributed by atoms with Crippen LogP contribution in [0.4, 0.5) is 0 Å². The molecular weight excluding hydrogens is 270 g/mol. The molecule has 1 fully saturated rings. The molecule has 0 radical (unpaired) electrons. The zero-order chi connectivity index (χ0) is 15.3. The van der Waals surface area contributed by atoms with Crippen LogP contribution in [0.2, 0.25) is 0 Å². The Labute approximate surface area is 124 Å². The van der Waals surface area contributed by atoms with Gasteiger partial charge in [0, 0.05) is 25.0 Å². The van der Waals surface area contributed by atoms with Crippen LogP contribution < -0.4 is 11.1 Å². The molecule has 0 aromatic carbocycles. The SMILES string of the molecule is CC(Cn1ccnc1)NC(=O)C1(C(N)=NO)CCCCC1. The largest absolute Gasteiger partial charge is 0.409 e. The average Bonchev–Trinajstić information content (AvgIpc) is 2.99. The highest BCUT2D eigenvalue weighted by atomic mass is 16.4. The summed E-state index contributed by atoms with van der Waals surface area (Å²) < 4.78 is 1.90. The predicted molar refractivity (Wildman–Crippen MR) is 78.8 cm³/mol. The smallest absolute Gasteiger partial charge is 0.234 e. The molecule has 7 nitrogen and oxygen atoms in total. The first-order chi connectivity index (χ1) is 10.1. The molecule has 1 aromatic rings. The summed E-state index contributed by atoms with van der Waals surface area (Å²) in [5.41, 5.74) is 4.95. The van der Waals surface area contributed by atoms with Gasteiger partial charge in [-0.05, 0) is 19.8 Å². The minimum absolute atomic E-state index is 0.0227. The van der Waals surface area contributed by atoms with Gasteiger partial charge in [-0.15, -0.1) is 0 Å². The summed E-state index contributed by atoms with van der Waals surface area (Å²) in [6.07, 6.45) is 9.44. The molecular formula is C14H23N5O2. The average molecular weight is 293 g/mol. The molecule has 21 heavy (non-hydrogen) atoms. The van der Waals surface area contributed by atoms with Crippen molar-refractivity contribution in [2.75, 3.05) is 0 Å². The number of aromatic nitrogens is 2. The Morgan fingerprint density at radius 1 is 1.52 bits per heavy atom. The summed E-state index contributed by atoms with van der Waals surface area (Å²) in [5.74, 6) is -0.125. The van der Waals surface area contributed by atoms with E-state index in [1.807, 2.05) is 17.7 Å². The number of hydrogen-bond donors (Lipinski definition) is 3. The summed E-state index contributed by atoms with van der Waals surface area (Å²) in [7, 11) is 0. The topological polar surface area (TPSA) is 106 Å². The highest BCUT2D eigenvalue weighted by Gasteiger charge is 2.44. The van der Waals surface area contributed by atoms with Crippen LogP contribution >= 0.6 is 0 Å². The molecule has 0 bridgehead atoms. The molecule has 1 unspecified atom stereocenters. The standard InChI is InChI=1S/C14H23N5O2/c1-11(9-19-8-7-16-10-19)17-13(20)14(12(15)18-21)5-3-2-4-6-14/h7-8,10-11,21H,2-6,9H2,1H3,(H2,15,18)(H,17,20). The lowest BCUT2D eigenvalue weighted by Gasteiger charge is -2.35. The van der Waals surface area contributed by atoms with Crippen molar-refractivity contribution in [1.82, 2.24) is 14.9 Å². The van der Waals surface area contributed by atoms with Gasteiger partial charge < -0.3 is 20.8 Å². The number of hydrogen-bond acceptors (Lipinski definition) is 4. The lowest BCUT2D eigenvalue weighted by atomic mass is 9.72. The van der Waals surface area contributed by atoms with Crippen LogP contribution in [0.3, 0.4) is 0 Å². The molecule has 1 aliphatic carbocycles. The van der Waals surface area contributed by atoms with E-state index in [9.17, 15) is 4.79 Å². The summed E-state index contributed by atoms with van der Waals surface area (Å²) >= 11 is 0. The molecule has 1 saturated carbocycles. The minimum Gasteiger partial charge on any atom is -0.409 e. The number of nitrogens with one attached hydrogen (secondary N) is 1. The highest BCUT2D eigenvalue weighted by molar-refractivity contribution is 6.06. The Morgan fingerprint density at radius 3 is 2.81 bits per heavy atom. The lowest BCUT2D eigenvalue weighted by Crippen LogP contribution is -2.53. The number of amidine groups is 1. The molecule has 7 heteroatoms. The predicted octanol–water partition coefficient (Wildman–Crippen LogP) is 1.08. The van der Waals surface area contributed by atoms with E-state index in [-0.39, 0.29) is 17.8 Å². The Bertz CT molecular complexity index is 491. The Morgan fingerprint density at radius 2 is 2.24 bits per heavy atom. The van der Waals surface area contributed by atoms with Gasteiger partial charge in [0.2, 0.25) is 5.91 Å². The summed E-state index contributed by atoms with van der Waals surface area (Å²) in [6.45, 7) is 2.57. The van der Waals surface area contributed by atoms with Gasteiger partial charge in [-0.2, -0.15) is 0 Å². The maximum atomic E-state index is 12.7. The summed E-state index contributed by atoms with van der Waals surface area (Å²) in [5, 5.41) is 15.1. The van der Waals surface area contributed by atoms with Crippen LogP contribution in [-0.4, -0.2) is 32.5 Å². The minimum atomic E-state index is -0.865. The number of nitrogens with zero attached hydrogens (tertiary/aromatic N) is 3. The number of amides is 1. The summed E-state index contributed by atoms with van der Waals surface area (Å²) in [4.78, 5) is 16.6. The van der Waals surface area contributed by atoms with Gasteiger partial charge >= 0.3 is 0 Å². The van der Waals surface area contributed by atoms with Crippen molar-refractivity contribution in [2.24, 2.45) is 16.3 Å². The molecule has 0 spiro atoms. The van der Waals surface area contributed by atoms with E-state index < -0.39 is 5.41 Å². The Hall–Kier alpha value is -2.05. The molecule has 1 aromatic heterocycles. The molecule has 1 amide bonds. The van der Waals surface area contributed by atoms with Crippen molar-refractivity contribution in [2.45, 2.75) is 51.6 Å². The number of carbonyl (C=O) groups is 1. The maximum Gasteiger partial charge on any atom is 0.234 e. The number of imidazole rings is 1. The molecule has 4 N–H and O–H groups in total. The molecule has 2 rings (SSSR count). The molecule has 116 valence electrons. The van der Waals surface area contributed by atoms with Crippen molar-refractivity contribution in [3.63, 3.8) is 0 Å². The van der Waals surface area contributed by atoms with E-state index in [1.54, 1.807) is 12.5 Å². The van der Waals surface area contributed by atoms with Gasteiger partial charge in [0.05, 0.1) is 6.33 Å². The number of carbonyl (C=O) groups excluding carboxylic acids is 1. The van der Waals surface area contributed by atoms with Crippen LogP contribution in [0.5, 0.6) is 0 Å². The van der Waals surface area contributed by atoms with Gasteiger partial charge in [0.15, 0.2) is 5.84 Å². The zero-order valence-electron chi connectivity index (χ0n) is 12.3. The van der Waals surface area contributed by atoms with Crippen molar-refractivity contribution in [3.8, 4) is 0 Å². The first kappa shape index (κ1) is 15.3. The first-order valence-electron chi connectivity index (χ1n) is 7.33. The third kappa shape index (κ3) is 3.34. The molecule has 1 heterocycles. The highest BCUT2D eigenvalue weighted by Crippen LogP contribution is 2.37. The van der Waals surface area contributed by atoms with Crippen LogP contribution in [0.15, 0.2) is 23.9 Å². The number of rotatable bonds is 5. The van der Waals surface area contributed by atoms with E-state index in [0.29, 0.717) is 19.4 Å². The Kier molecular flexibility index (Phi) is 4.82. The molecule has 1 atom stereocenters. The fraction of sp³-hybridized carbons (Fsp3) is 0.643. The first-order valence-corrected chi connectivity index (χ1v) is 7.33. The second-order valence-electron chi connectivity index (χ2n) is 5.76. The van der Waals surface area contributed by atoms with E-state index in [0.717, 1.165) is 19.3 Å². The monoisotopic (exact) mass is 293 g/mol. The fourth-order valence-corrected chi connectivity index (χ4v) is 2.97. The van der Waals surface area contributed by atoms with Gasteiger partial charge in [0.25, 0.3) is 0 Å². The Balaban J connectivity index is 2.04. The maximum absolute atomic E-state index is 12.7. The lowest BCUT2D eigenvalue weighted by molar-refractivity contribution is -0.129. The van der Waals surface area contributed by atoms with Crippen molar-refractivity contribution in [1.29, 1.82) is 0 Å². The van der Waals surface area contributed by atoms with E-state index in [4.69, 9.17) is 10.9 Å². The quantitative estimate of drug-likeness (QED) is 0.327. The van der Waals surface area contributed by atoms with E-state index in [1.165, 1.54) is 0 Å². The fourth-order valence-electron chi connectivity index (χ4n) is 2.97. The van der Waals surface area contributed by atoms with Crippen LogP contribution in [0, 0.1) is 5.41 Å². The van der Waals surface area contributed by atoms with E-state index in [2.05, 4.69) is 15.5 Å². The van der Waals surface area contributed by atoms with Gasteiger partial charge in [-0.25, -0.2) is 4.98 Å². The second kappa shape index (κ2) is 6.60. The van der Waals surface area contributed by atoms with Crippen molar-refractivity contribution >= 4 is 11.7 Å². The van der Waals surface area contributed by atoms with Crippen LogP contribution in [0.1, 0.15) is 39.0 Å². The second-order valence-corrected chi connectivity index (χ2v) is 5.76. The molecule has 0 saturated heterocycles. The molecule has 1 aliphatic rings. The van der Waals surface area contributed by atoms with Gasteiger partial charge in [-0.1, -0.05) is 24.4 Å². The summed E-state index contributed by atoms with van der Waals surface area (Å²) in [6, 6.07) is -0.0583. The van der Waals surface area contributed by atoms with Gasteiger partial charge in [-0.3, -0.25) is 4.79 Å². The van der Waals surface area contributed by atoms with Crippen LogP contribution in [0.25, 0.3) is 0 Å². The van der Waals surface area contributed by atoms with Crippen molar-refractivity contribution < 1.29 is 10.0 Å². The van der Waals surface area contributed by atoms with E-state index >= 15 is 0 Å². The zero-order valence-corrected chi connectivity index (χ0v) is 12.3. The van der Waals surface area contributed by atoms with Crippen molar-refractivity contribution in [3.05, 3.63) is 18.7 Å². The molecule has 0 aliphatic heterocycles. The van der Waals surface area contributed by atoms with Crippen LogP contribution in [-0.2, 0) is 11.3 Å². The number of oxime groups is 1. The number of nitrogens with two attached hydrogens (primary N) is 1. The third-order valence-electron chi connectivity index (χ3n) is 4.16. The van der Waals surface area contributed by atoms with Gasteiger partial charge in [0.1, 0.15) is 5.41 Å². The third-order valence-corrected chi connectivity index (χ3v) is 4.16. The normalized spacial score (nSPS) is 20.0.